The van der Waals surface area contributed by atoms with Gasteiger partial charge in [0.05, 0.1) is 0 Å². The van der Waals surface area contributed by atoms with Crippen molar-refractivity contribution >= 4 is 0 Å². The molecule has 0 aromatic heterocycles. The van der Waals surface area contributed by atoms with Crippen LogP contribution in [-0.4, -0.2) is 24.7 Å². The highest BCUT2D eigenvalue weighted by molar-refractivity contribution is 4.78. The van der Waals surface area contributed by atoms with Crippen molar-refractivity contribution < 1.29 is 0 Å². The number of rotatable bonds is 15. The lowest BCUT2D eigenvalue weighted by molar-refractivity contribution is 0.294. The summed E-state index contributed by atoms with van der Waals surface area (Å²) in [5, 5.41) is 7.26. The first-order chi connectivity index (χ1) is 10.7. The summed E-state index contributed by atoms with van der Waals surface area (Å²) in [7, 11) is 0. The van der Waals surface area contributed by atoms with Crippen molar-refractivity contribution in [1.82, 2.24) is 10.6 Å². The normalized spacial score (nSPS) is 14.0. The van der Waals surface area contributed by atoms with Crippen LogP contribution in [0.3, 0.4) is 0 Å². The van der Waals surface area contributed by atoms with Gasteiger partial charge in [-0.2, -0.15) is 0 Å². The fraction of sp³-hybridized carbons (Fsp3) is 1.00. The molecule has 2 nitrogen and oxygen atoms in total. The van der Waals surface area contributed by atoms with Crippen LogP contribution in [0.2, 0.25) is 0 Å². The van der Waals surface area contributed by atoms with Gasteiger partial charge < -0.3 is 10.6 Å². The number of hydrogen-bond acceptors (Lipinski definition) is 2. The summed E-state index contributed by atoms with van der Waals surface area (Å²) in [4.78, 5) is 0. The predicted molar refractivity (Wildman–Crippen MR) is 106 cm³/mol. The first-order valence-electron chi connectivity index (χ1n) is 10.2. The monoisotopic (exact) mass is 326 g/mol. The number of hydrogen-bond donors (Lipinski definition) is 2. The largest absolute Gasteiger partial charge is 0.315 e. The molecule has 0 radical (unpaired) electrons. The lowest BCUT2D eigenvalue weighted by atomic mass is 9.87. The zero-order valence-corrected chi connectivity index (χ0v) is 17.3. The fourth-order valence-electron chi connectivity index (χ4n) is 2.78. The number of unbranched alkanes of at least 4 members (excludes halogenated alkanes) is 5. The zero-order valence-electron chi connectivity index (χ0n) is 17.3. The molecule has 0 aromatic carbocycles. The maximum atomic E-state index is 3.77. The van der Waals surface area contributed by atoms with E-state index >= 15 is 0 Å². The lowest BCUT2D eigenvalue weighted by Crippen LogP contribution is -2.40. The Morgan fingerprint density at radius 3 is 1.78 bits per heavy atom. The average molecular weight is 327 g/mol. The molecule has 1 atom stereocenters. The van der Waals surface area contributed by atoms with Crippen LogP contribution in [0.1, 0.15) is 99.8 Å². The van der Waals surface area contributed by atoms with Gasteiger partial charge in [-0.15, -0.1) is 0 Å². The van der Waals surface area contributed by atoms with E-state index in [-0.39, 0.29) is 0 Å². The molecule has 23 heavy (non-hydrogen) atoms. The molecule has 0 saturated carbocycles. The van der Waals surface area contributed by atoms with Gasteiger partial charge in [-0.05, 0) is 64.5 Å². The van der Waals surface area contributed by atoms with Gasteiger partial charge in [-0.3, -0.25) is 0 Å². The van der Waals surface area contributed by atoms with Crippen LogP contribution in [0.4, 0.5) is 0 Å². The Morgan fingerprint density at radius 2 is 1.26 bits per heavy atom. The van der Waals surface area contributed by atoms with Crippen molar-refractivity contribution in [3.63, 3.8) is 0 Å². The lowest BCUT2D eigenvalue weighted by Gasteiger charge is -2.29. The van der Waals surface area contributed by atoms with Crippen molar-refractivity contribution in [2.75, 3.05) is 13.1 Å². The molecule has 0 aliphatic carbocycles. The number of nitrogens with one attached hydrogen (secondary N) is 2. The van der Waals surface area contributed by atoms with Crippen molar-refractivity contribution in [2.24, 2.45) is 11.8 Å². The molecule has 0 bridgehead atoms. The van der Waals surface area contributed by atoms with Gasteiger partial charge in [0.15, 0.2) is 0 Å². The van der Waals surface area contributed by atoms with Crippen LogP contribution in [0.15, 0.2) is 0 Å². The highest BCUT2D eigenvalue weighted by Gasteiger charge is 2.18. The molecule has 0 amide bonds. The van der Waals surface area contributed by atoms with Crippen molar-refractivity contribution in [3.05, 3.63) is 0 Å². The van der Waals surface area contributed by atoms with E-state index < -0.39 is 0 Å². The van der Waals surface area contributed by atoms with Gasteiger partial charge in [0, 0.05) is 11.6 Å². The summed E-state index contributed by atoms with van der Waals surface area (Å²) >= 11 is 0. The molecule has 0 aliphatic heterocycles. The molecular formula is C21H46N2. The molecule has 0 rings (SSSR count). The Kier molecular flexibility index (Phi) is 13.2. The molecule has 0 saturated heterocycles. The molecule has 2 heteroatoms. The third-order valence-electron chi connectivity index (χ3n) is 5.12. The van der Waals surface area contributed by atoms with E-state index in [1.54, 1.807) is 0 Å². The van der Waals surface area contributed by atoms with Crippen LogP contribution in [0, 0.1) is 11.8 Å². The maximum Gasteiger partial charge on any atom is 0.0125 e. The summed E-state index contributed by atoms with van der Waals surface area (Å²) in [6.07, 6.45) is 10.8. The van der Waals surface area contributed by atoms with Crippen LogP contribution < -0.4 is 10.6 Å². The van der Waals surface area contributed by atoms with Gasteiger partial charge in [0.25, 0.3) is 0 Å². The Bertz CT molecular complexity index is 259. The molecule has 2 N–H and O–H groups in total. The maximum absolute atomic E-state index is 3.77. The second-order valence-electron chi connectivity index (χ2n) is 8.80. The van der Waals surface area contributed by atoms with Gasteiger partial charge >= 0.3 is 0 Å². The first-order valence-corrected chi connectivity index (χ1v) is 10.2. The van der Waals surface area contributed by atoms with Crippen molar-refractivity contribution in [2.45, 2.75) is 111 Å². The van der Waals surface area contributed by atoms with Gasteiger partial charge in [-0.25, -0.2) is 0 Å². The molecule has 0 aliphatic rings. The van der Waals surface area contributed by atoms with Gasteiger partial charge in [0.2, 0.25) is 0 Å². The molecular weight excluding hydrogens is 280 g/mol. The average Bonchev–Trinajstić information content (AvgIpc) is 2.46. The topological polar surface area (TPSA) is 24.1 Å². The minimum Gasteiger partial charge on any atom is -0.315 e. The standard InChI is InChI=1S/C21H46N2/c1-18(2)20(5)14-15-21(6,7)23-17-13-11-9-8-10-12-16-22-19(3)4/h18-20,22-23H,8-17H2,1-7H3. The van der Waals surface area contributed by atoms with E-state index in [0.717, 1.165) is 11.8 Å². The quantitative estimate of drug-likeness (QED) is 0.374. The summed E-state index contributed by atoms with van der Waals surface area (Å²) in [5.74, 6) is 1.64. The Hall–Kier alpha value is -0.0800. The van der Waals surface area contributed by atoms with E-state index in [2.05, 4.69) is 59.1 Å². The molecule has 0 spiro atoms. The Balaban J connectivity index is 3.45. The third kappa shape index (κ3) is 15.2. The predicted octanol–water partition coefficient (Wildman–Crippen LogP) is 5.77. The van der Waals surface area contributed by atoms with Crippen LogP contribution in [-0.2, 0) is 0 Å². The Morgan fingerprint density at radius 1 is 0.739 bits per heavy atom. The van der Waals surface area contributed by atoms with Crippen LogP contribution in [0.5, 0.6) is 0 Å². The van der Waals surface area contributed by atoms with E-state index in [4.69, 9.17) is 0 Å². The summed E-state index contributed by atoms with van der Waals surface area (Å²) in [6.45, 7) is 18.6. The van der Waals surface area contributed by atoms with E-state index in [1.165, 1.54) is 64.5 Å². The third-order valence-corrected chi connectivity index (χ3v) is 5.12. The Labute approximate surface area is 147 Å². The van der Waals surface area contributed by atoms with E-state index in [0.29, 0.717) is 11.6 Å². The van der Waals surface area contributed by atoms with Crippen molar-refractivity contribution in [1.29, 1.82) is 0 Å². The molecule has 0 fully saturated rings. The second-order valence-corrected chi connectivity index (χ2v) is 8.80. The minimum absolute atomic E-state index is 0.297. The highest BCUT2D eigenvalue weighted by atomic mass is 14.9. The highest BCUT2D eigenvalue weighted by Crippen LogP contribution is 2.21. The van der Waals surface area contributed by atoms with Gasteiger partial charge in [0.1, 0.15) is 0 Å². The van der Waals surface area contributed by atoms with Gasteiger partial charge in [-0.1, -0.05) is 60.3 Å². The first kappa shape index (κ1) is 22.9. The molecule has 0 aromatic rings. The SMILES string of the molecule is CC(C)NCCCCCCCCNC(C)(C)CCC(C)C(C)C. The molecule has 1 unspecified atom stereocenters. The zero-order chi connectivity index (χ0) is 17.7. The fourth-order valence-corrected chi connectivity index (χ4v) is 2.78. The van der Waals surface area contributed by atoms with Crippen LogP contribution in [0.25, 0.3) is 0 Å². The molecule has 0 heterocycles. The second kappa shape index (κ2) is 13.2. The van der Waals surface area contributed by atoms with E-state index in [1.807, 2.05) is 0 Å². The van der Waals surface area contributed by atoms with E-state index in [9.17, 15) is 0 Å². The minimum atomic E-state index is 0.297. The smallest absolute Gasteiger partial charge is 0.0125 e. The summed E-state index contributed by atoms with van der Waals surface area (Å²) in [5.41, 5.74) is 0.297. The van der Waals surface area contributed by atoms with Crippen molar-refractivity contribution in [3.8, 4) is 0 Å². The summed E-state index contributed by atoms with van der Waals surface area (Å²) < 4.78 is 0. The summed E-state index contributed by atoms with van der Waals surface area (Å²) in [6, 6.07) is 0.632. The van der Waals surface area contributed by atoms with Crippen LogP contribution >= 0.6 is 0 Å². The molecule has 140 valence electrons.